The van der Waals surface area contributed by atoms with E-state index in [1.54, 1.807) is 12.1 Å². The molecule has 1 atom stereocenters. The van der Waals surface area contributed by atoms with Crippen LogP contribution < -0.4 is 5.32 Å². The van der Waals surface area contributed by atoms with Crippen LogP contribution in [0, 0.1) is 0 Å². The molecule has 0 spiro atoms. The van der Waals surface area contributed by atoms with Gasteiger partial charge in [0.05, 0.1) is 12.0 Å². The Kier molecular flexibility index (Phi) is 3.21. The second-order valence-corrected chi connectivity index (χ2v) is 4.60. The molecule has 2 aromatic carbocycles. The van der Waals surface area contributed by atoms with Crippen molar-refractivity contribution in [1.82, 2.24) is 0 Å². The van der Waals surface area contributed by atoms with Crippen molar-refractivity contribution in [2.75, 3.05) is 5.32 Å². The van der Waals surface area contributed by atoms with Crippen LogP contribution in [0.4, 0.5) is 5.69 Å². The summed E-state index contributed by atoms with van der Waals surface area (Å²) in [5.74, 6) is -0.538. The highest BCUT2D eigenvalue weighted by Crippen LogP contribution is 2.32. The van der Waals surface area contributed by atoms with Gasteiger partial charge in [0.15, 0.2) is 0 Å². The number of rotatable bonds is 3. The van der Waals surface area contributed by atoms with Crippen LogP contribution in [-0.4, -0.2) is 11.9 Å². The van der Waals surface area contributed by atoms with Gasteiger partial charge in [-0.3, -0.25) is 4.79 Å². The summed E-state index contributed by atoms with van der Waals surface area (Å²) in [5.41, 5.74) is 2.06. The third-order valence-corrected chi connectivity index (χ3v) is 3.21. The van der Waals surface area contributed by atoms with Gasteiger partial charge in [0.1, 0.15) is 6.10 Å². The Hall–Kier alpha value is -2.62. The van der Waals surface area contributed by atoms with Gasteiger partial charge < -0.3 is 10.1 Å². The van der Waals surface area contributed by atoms with Crippen molar-refractivity contribution in [3.05, 3.63) is 65.7 Å². The normalized spacial score (nSPS) is 16.4. The minimum atomic E-state index is -0.498. The van der Waals surface area contributed by atoms with Crippen LogP contribution in [0.3, 0.4) is 0 Å². The summed E-state index contributed by atoms with van der Waals surface area (Å²) in [6.07, 6.45) is -0.375. The van der Waals surface area contributed by atoms with E-state index in [-0.39, 0.29) is 18.3 Å². The minimum Gasteiger partial charge on any atom is -0.453 e. The van der Waals surface area contributed by atoms with E-state index in [9.17, 15) is 9.59 Å². The second-order valence-electron chi connectivity index (χ2n) is 4.60. The Labute approximate surface area is 116 Å². The van der Waals surface area contributed by atoms with Crippen molar-refractivity contribution in [1.29, 1.82) is 0 Å². The molecule has 0 bridgehead atoms. The van der Waals surface area contributed by atoms with Crippen molar-refractivity contribution < 1.29 is 14.3 Å². The predicted molar refractivity (Wildman–Crippen MR) is 74.3 cm³/mol. The molecule has 0 aliphatic carbocycles. The Balaban J connectivity index is 1.70. The van der Waals surface area contributed by atoms with E-state index < -0.39 is 6.10 Å². The second kappa shape index (κ2) is 5.17. The lowest BCUT2D eigenvalue weighted by molar-refractivity contribution is -0.118. The van der Waals surface area contributed by atoms with Gasteiger partial charge in [0.2, 0.25) is 5.91 Å². The first-order chi connectivity index (χ1) is 9.74. The molecule has 0 aromatic heterocycles. The van der Waals surface area contributed by atoms with E-state index >= 15 is 0 Å². The third kappa shape index (κ3) is 2.40. The molecular weight excluding hydrogens is 254 g/mol. The molecule has 0 radical (unpaired) electrons. The molecule has 2 aromatic rings. The maximum atomic E-state index is 12.0. The zero-order valence-electron chi connectivity index (χ0n) is 10.7. The van der Waals surface area contributed by atoms with Crippen LogP contribution >= 0.6 is 0 Å². The largest absolute Gasteiger partial charge is 0.453 e. The van der Waals surface area contributed by atoms with E-state index in [2.05, 4.69) is 5.32 Å². The quantitative estimate of drug-likeness (QED) is 0.870. The van der Waals surface area contributed by atoms with E-state index in [4.69, 9.17) is 4.74 Å². The highest BCUT2D eigenvalue weighted by Gasteiger charge is 2.31. The van der Waals surface area contributed by atoms with Crippen LogP contribution in [-0.2, 0) is 9.53 Å². The molecule has 3 rings (SSSR count). The lowest BCUT2D eigenvalue weighted by Gasteiger charge is -2.11. The number of cyclic esters (lactones) is 1. The fraction of sp³-hybridized carbons (Fsp3) is 0.125. The fourth-order valence-corrected chi connectivity index (χ4v) is 2.27. The Morgan fingerprint density at radius 2 is 1.75 bits per heavy atom. The molecule has 4 nitrogen and oxygen atoms in total. The average molecular weight is 267 g/mol. The smallest absolute Gasteiger partial charge is 0.339 e. The zero-order chi connectivity index (χ0) is 13.9. The molecule has 1 amide bonds. The molecule has 4 heteroatoms. The lowest BCUT2D eigenvalue weighted by Crippen LogP contribution is -2.15. The molecular formula is C16H13NO3. The van der Waals surface area contributed by atoms with Crippen LogP contribution in [0.2, 0.25) is 0 Å². The van der Waals surface area contributed by atoms with Gasteiger partial charge >= 0.3 is 5.97 Å². The number of ether oxygens (including phenoxy) is 1. The number of hydrogen-bond donors (Lipinski definition) is 1. The molecule has 0 saturated carbocycles. The highest BCUT2D eigenvalue weighted by molar-refractivity contribution is 5.96. The number of carbonyl (C=O) groups is 2. The number of benzene rings is 2. The summed E-state index contributed by atoms with van der Waals surface area (Å²) >= 11 is 0. The van der Waals surface area contributed by atoms with Crippen molar-refractivity contribution in [3.63, 3.8) is 0 Å². The zero-order valence-corrected chi connectivity index (χ0v) is 10.7. The number of anilines is 1. The number of fused-ring (bicyclic) bond motifs is 1. The summed E-state index contributed by atoms with van der Waals surface area (Å²) in [4.78, 5) is 23.6. The third-order valence-electron chi connectivity index (χ3n) is 3.21. The lowest BCUT2D eigenvalue weighted by atomic mass is 10.0. The van der Waals surface area contributed by atoms with E-state index in [0.29, 0.717) is 5.56 Å². The van der Waals surface area contributed by atoms with Crippen molar-refractivity contribution >= 4 is 17.6 Å². The summed E-state index contributed by atoms with van der Waals surface area (Å²) in [7, 11) is 0. The van der Waals surface area contributed by atoms with Gasteiger partial charge in [-0.05, 0) is 18.2 Å². The van der Waals surface area contributed by atoms with Crippen molar-refractivity contribution in [2.45, 2.75) is 12.5 Å². The highest BCUT2D eigenvalue weighted by atomic mass is 16.5. The van der Waals surface area contributed by atoms with Crippen LogP contribution in [0.1, 0.15) is 28.4 Å². The number of amides is 1. The Morgan fingerprint density at radius 3 is 2.55 bits per heavy atom. The first-order valence-corrected chi connectivity index (χ1v) is 6.39. The van der Waals surface area contributed by atoms with Gasteiger partial charge in [-0.2, -0.15) is 0 Å². The number of esters is 1. The van der Waals surface area contributed by atoms with Gasteiger partial charge in [-0.1, -0.05) is 36.4 Å². The Morgan fingerprint density at radius 1 is 1.05 bits per heavy atom. The fourth-order valence-electron chi connectivity index (χ4n) is 2.27. The molecule has 1 aliphatic rings. The molecule has 0 fully saturated rings. The molecule has 0 saturated heterocycles. The van der Waals surface area contributed by atoms with Crippen LogP contribution in [0.25, 0.3) is 0 Å². The average Bonchev–Trinajstić information content (AvgIpc) is 2.77. The minimum absolute atomic E-state index is 0.123. The van der Waals surface area contributed by atoms with E-state index in [1.807, 2.05) is 42.5 Å². The SMILES string of the molecule is O=C(CC1OC(=O)c2ccccc21)Nc1ccccc1. The maximum absolute atomic E-state index is 12.0. The molecule has 1 heterocycles. The summed E-state index contributed by atoms with van der Waals surface area (Å²) in [6, 6.07) is 16.4. The van der Waals surface area contributed by atoms with Crippen LogP contribution in [0.15, 0.2) is 54.6 Å². The number of nitrogens with one attached hydrogen (secondary N) is 1. The molecule has 100 valence electrons. The van der Waals surface area contributed by atoms with Crippen molar-refractivity contribution in [3.8, 4) is 0 Å². The van der Waals surface area contributed by atoms with Gasteiger partial charge in [0, 0.05) is 11.3 Å². The van der Waals surface area contributed by atoms with E-state index in [1.165, 1.54) is 0 Å². The monoisotopic (exact) mass is 267 g/mol. The number of para-hydroxylation sites is 1. The first kappa shape index (κ1) is 12.4. The van der Waals surface area contributed by atoms with E-state index in [0.717, 1.165) is 11.3 Å². The maximum Gasteiger partial charge on any atom is 0.339 e. The van der Waals surface area contributed by atoms with Gasteiger partial charge in [-0.25, -0.2) is 4.79 Å². The summed E-state index contributed by atoms with van der Waals surface area (Å²) < 4.78 is 5.24. The summed E-state index contributed by atoms with van der Waals surface area (Å²) in [5, 5.41) is 2.78. The summed E-state index contributed by atoms with van der Waals surface area (Å²) in [6.45, 7) is 0. The van der Waals surface area contributed by atoms with Gasteiger partial charge in [-0.15, -0.1) is 0 Å². The van der Waals surface area contributed by atoms with Crippen LogP contribution in [0.5, 0.6) is 0 Å². The number of hydrogen-bond acceptors (Lipinski definition) is 3. The predicted octanol–water partition coefficient (Wildman–Crippen LogP) is 2.93. The molecule has 1 N–H and O–H groups in total. The van der Waals surface area contributed by atoms with Crippen molar-refractivity contribution in [2.24, 2.45) is 0 Å². The Bertz CT molecular complexity index is 652. The molecule has 1 aliphatic heterocycles. The molecule has 1 unspecified atom stereocenters. The number of carbonyl (C=O) groups excluding carboxylic acids is 2. The first-order valence-electron chi connectivity index (χ1n) is 6.39. The van der Waals surface area contributed by atoms with Gasteiger partial charge in [0.25, 0.3) is 0 Å². The standard InChI is InChI=1S/C16H13NO3/c18-15(17-11-6-2-1-3-7-11)10-14-12-8-4-5-9-13(12)16(19)20-14/h1-9,14H,10H2,(H,17,18). The molecule has 20 heavy (non-hydrogen) atoms. The topological polar surface area (TPSA) is 55.4 Å².